The Kier molecular flexibility index (Phi) is 62.7. The molecule has 1 fully saturated rings. The third-order valence-electron chi connectivity index (χ3n) is 18.7. The zero-order chi connectivity index (χ0) is 63.9. The number of unbranched alkanes of at least 4 members (excludes halogenated alkanes) is 50. The van der Waals surface area contributed by atoms with Crippen molar-refractivity contribution in [3.05, 3.63) is 36.5 Å². The first-order valence-electron chi connectivity index (χ1n) is 38.4. The molecule has 9 atom stereocenters. The molecule has 520 valence electrons. The van der Waals surface area contributed by atoms with Gasteiger partial charge in [-0.25, -0.2) is 0 Å². The number of nitrogens with one attached hydrogen (secondary N) is 1. The van der Waals surface area contributed by atoms with Gasteiger partial charge in [0.15, 0.2) is 6.29 Å². The predicted molar refractivity (Wildman–Crippen MR) is 372 cm³/mol. The fourth-order valence-electron chi connectivity index (χ4n) is 12.5. The molecule has 1 heterocycles. The van der Waals surface area contributed by atoms with Gasteiger partial charge in [-0.3, -0.25) is 4.79 Å². The van der Waals surface area contributed by atoms with Crippen LogP contribution in [0.25, 0.3) is 0 Å². The summed E-state index contributed by atoms with van der Waals surface area (Å²) in [5.41, 5.74) is 0. The minimum atomic E-state index is -1.67. The van der Waals surface area contributed by atoms with Crippen molar-refractivity contribution in [2.24, 2.45) is 0 Å². The number of ether oxygens (including phenoxy) is 2. The molecular formula is C77H147NO10. The molecule has 0 saturated carbocycles. The number of carbonyl (C=O) groups is 1. The van der Waals surface area contributed by atoms with E-state index >= 15 is 0 Å². The molecule has 11 nitrogen and oxygen atoms in total. The molecule has 9 unspecified atom stereocenters. The van der Waals surface area contributed by atoms with E-state index in [1.54, 1.807) is 0 Å². The van der Waals surface area contributed by atoms with Crippen molar-refractivity contribution in [2.75, 3.05) is 13.2 Å². The van der Waals surface area contributed by atoms with Crippen LogP contribution in [0.1, 0.15) is 380 Å². The summed E-state index contributed by atoms with van der Waals surface area (Å²) in [5, 5.41) is 76.6. The lowest BCUT2D eigenvalue weighted by molar-refractivity contribution is -0.303. The number of hydrogen-bond acceptors (Lipinski definition) is 10. The van der Waals surface area contributed by atoms with Crippen molar-refractivity contribution >= 4 is 5.91 Å². The normalized spacial score (nSPS) is 18.8. The second-order valence-corrected chi connectivity index (χ2v) is 27.1. The van der Waals surface area contributed by atoms with Gasteiger partial charge in [-0.05, 0) is 64.2 Å². The summed E-state index contributed by atoms with van der Waals surface area (Å²) in [6.07, 6.45) is 74.0. The van der Waals surface area contributed by atoms with Crippen molar-refractivity contribution in [3.63, 3.8) is 0 Å². The summed E-state index contributed by atoms with van der Waals surface area (Å²) in [6, 6.07) is -1.20. The quantitative estimate of drug-likeness (QED) is 0.0215. The Bertz CT molecular complexity index is 1530. The summed E-state index contributed by atoms with van der Waals surface area (Å²) in [4.78, 5) is 13.3. The van der Waals surface area contributed by atoms with Crippen molar-refractivity contribution in [1.29, 1.82) is 0 Å². The highest BCUT2D eigenvalue weighted by atomic mass is 16.7. The fourth-order valence-corrected chi connectivity index (χ4v) is 12.5. The van der Waals surface area contributed by atoms with E-state index in [1.807, 2.05) is 0 Å². The van der Waals surface area contributed by atoms with Crippen LogP contribution in [-0.2, 0) is 14.3 Å². The van der Waals surface area contributed by atoms with Gasteiger partial charge in [-0.15, -0.1) is 0 Å². The average molecular weight is 1250 g/mol. The molecule has 1 saturated heterocycles. The van der Waals surface area contributed by atoms with Gasteiger partial charge in [-0.1, -0.05) is 352 Å². The molecule has 1 aliphatic rings. The van der Waals surface area contributed by atoms with E-state index in [2.05, 4.69) is 55.6 Å². The van der Waals surface area contributed by atoms with Crippen LogP contribution in [0.3, 0.4) is 0 Å². The van der Waals surface area contributed by atoms with Crippen LogP contribution in [0.4, 0.5) is 0 Å². The van der Waals surface area contributed by atoms with Gasteiger partial charge in [0.2, 0.25) is 5.91 Å². The maximum atomic E-state index is 13.3. The Hall–Kier alpha value is -1.67. The van der Waals surface area contributed by atoms with Crippen LogP contribution < -0.4 is 5.32 Å². The molecule has 0 aliphatic carbocycles. The fraction of sp³-hybridized carbons (Fsp3) is 0.909. The number of carbonyl (C=O) groups excluding carboxylic acids is 1. The third kappa shape index (κ3) is 51.8. The second-order valence-electron chi connectivity index (χ2n) is 27.1. The highest BCUT2D eigenvalue weighted by molar-refractivity contribution is 5.80. The molecule has 0 aromatic heterocycles. The van der Waals surface area contributed by atoms with Crippen LogP contribution in [0, 0.1) is 0 Å². The van der Waals surface area contributed by atoms with Gasteiger partial charge >= 0.3 is 0 Å². The molecule has 1 rings (SSSR count). The maximum Gasteiger partial charge on any atom is 0.249 e. The average Bonchev–Trinajstić information content (AvgIpc) is 3.73. The number of amides is 1. The van der Waals surface area contributed by atoms with Crippen LogP contribution in [0.15, 0.2) is 36.5 Å². The number of aliphatic hydroxyl groups is 7. The van der Waals surface area contributed by atoms with E-state index in [0.29, 0.717) is 19.3 Å². The Balaban J connectivity index is 2.19. The molecular weight excluding hydrogens is 1100 g/mol. The highest BCUT2D eigenvalue weighted by Gasteiger charge is 2.44. The zero-order valence-corrected chi connectivity index (χ0v) is 57.7. The van der Waals surface area contributed by atoms with Crippen molar-refractivity contribution in [3.8, 4) is 0 Å². The van der Waals surface area contributed by atoms with Gasteiger partial charge in [0.05, 0.1) is 25.4 Å². The van der Waals surface area contributed by atoms with Crippen molar-refractivity contribution in [2.45, 2.75) is 435 Å². The van der Waals surface area contributed by atoms with Gasteiger partial charge in [0.25, 0.3) is 0 Å². The molecule has 1 aliphatic heterocycles. The van der Waals surface area contributed by atoms with E-state index in [-0.39, 0.29) is 12.8 Å². The molecule has 8 N–H and O–H groups in total. The molecule has 0 aromatic rings. The minimum Gasteiger partial charge on any atom is -0.394 e. The first kappa shape index (κ1) is 84.3. The van der Waals surface area contributed by atoms with E-state index in [4.69, 9.17) is 9.47 Å². The summed E-state index contributed by atoms with van der Waals surface area (Å²) in [7, 11) is 0. The largest absolute Gasteiger partial charge is 0.394 e. The molecule has 1 amide bonds. The van der Waals surface area contributed by atoms with Crippen molar-refractivity contribution in [1.82, 2.24) is 5.32 Å². The van der Waals surface area contributed by atoms with Crippen LogP contribution >= 0.6 is 0 Å². The van der Waals surface area contributed by atoms with E-state index in [0.717, 1.165) is 44.9 Å². The maximum absolute atomic E-state index is 13.3. The summed E-state index contributed by atoms with van der Waals surface area (Å²) < 4.78 is 11.2. The SMILES string of the molecule is CCCCCCCCCCCCCCCCCCCCC/C=C/CC/C=C/CC/C=C/CCCC(O)C(O)C(COC1OC(CO)C(O)C(O)C1O)NC(=O)C(O)CCCCCCCCCCCCCCCCCCCCCCCCCCCCCCC. The minimum absolute atomic E-state index is 0.243. The Morgan fingerprint density at radius 3 is 1.01 bits per heavy atom. The van der Waals surface area contributed by atoms with Gasteiger partial charge in [0, 0.05) is 0 Å². The zero-order valence-electron chi connectivity index (χ0n) is 57.7. The molecule has 0 spiro atoms. The predicted octanol–water partition coefficient (Wildman–Crippen LogP) is 19.3. The smallest absolute Gasteiger partial charge is 0.249 e. The first-order valence-corrected chi connectivity index (χ1v) is 38.4. The van der Waals surface area contributed by atoms with Gasteiger partial charge < -0.3 is 50.5 Å². The highest BCUT2D eigenvalue weighted by Crippen LogP contribution is 2.24. The lowest BCUT2D eigenvalue weighted by Crippen LogP contribution is -2.60. The molecule has 88 heavy (non-hydrogen) atoms. The lowest BCUT2D eigenvalue weighted by atomic mass is 9.98. The van der Waals surface area contributed by atoms with Crippen LogP contribution in [0.5, 0.6) is 0 Å². The molecule has 11 heteroatoms. The van der Waals surface area contributed by atoms with E-state index in [9.17, 15) is 40.5 Å². The Morgan fingerprint density at radius 2 is 0.682 bits per heavy atom. The number of rotatable bonds is 68. The molecule has 0 aromatic carbocycles. The van der Waals surface area contributed by atoms with Gasteiger partial charge in [0.1, 0.15) is 36.6 Å². The molecule has 0 radical (unpaired) electrons. The van der Waals surface area contributed by atoms with E-state index < -0.39 is 74.2 Å². The third-order valence-corrected chi connectivity index (χ3v) is 18.7. The Labute approximate surface area is 543 Å². The van der Waals surface area contributed by atoms with Crippen LogP contribution in [0.2, 0.25) is 0 Å². The van der Waals surface area contributed by atoms with Gasteiger partial charge in [-0.2, -0.15) is 0 Å². The number of aliphatic hydroxyl groups excluding tert-OH is 7. The first-order chi connectivity index (χ1) is 43.2. The summed E-state index contributed by atoms with van der Waals surface area (Å²) >= 11 is 0. The Morgan fingerprint density at radius 1 is 0.386 bits per heavy atom. The number of hydrogen-bond donors (Lipinski definition) is 8. The monoisotopic (exact) mass is 1250 g/mol. The van der Waals surface area contributed by atoms with Crippen LogP contribution in [-0.4, -0.2) is 110 Å². The number of allylic oxidation sites excluding steroid dienone is 6. The summed E-state index contributed by atoms with van der Waals surface area (Å²) in [5.74, 6) is -0.705. The van der Waals surface area contributed by atoms with E-state index in [1.165, 1.54) is 289 Å². The van der Waals surface area contributed by atoms with Crippen molar-refractivity contribution < 1.29 is 50.0 Å². The lowest BCUT2D eigenvalue weighted by Gasteiger charge is -2.40. The standard InChI is InChI=1S/C77H147NO10/c1-3-5-7-9-11-13-15-17-19-21-23-25-27-29-31-33-34-35-37-38-40-42-44-46-48-50-52-54-56-58-60-62-64-69(80)72(82)68(67-87-77-75(85)74(84)73(83)71(66-79)88-77)78-76(86)70(81)65-63-61-59-57-55-53-51-49-47-45-43-41-39-36-32-30-28-26-24-22-20-18-16-14-12-10-8-6-4-2/h40,42,48,50,56,58,68-75,77,79-85H,3-39,41,43-47,49,51-55,57,59-67H2,1-2H3,(H,78,86)/b42-40+,50-48+,58-56+. The second kappa shape index (κ2) is 65.4. The summed E-state index contributed by atoms with van der Waals surface area (Å²) in [6.45, 7) is 3.50. The topological polar surface area (TPSA) is 189 Å². The molecule has 0 bridgehead atoms.